The van der Waals surface area contributed by atoms with Crippen LogP contribution in [-0.4, -0.2) is 276 Å². The minimum absolute atomic E-state index is 0.0972. The van der Waals surface area contributed by atoms with E-state index >= 15 is 0 Å². The molecule has 0 spiro atoms. The zero-order valence-corrected chi connectivity index (χ0v) is 90.5. The molecule has 1 aromatic rings. The van der Waals surface area contributed by atoms with Crippen molar-refractivity contribution in [2.24, 2.45) is 52.2 Å². The Hall–Kier alpha value is -12.3. The van der Waals surface area contributed by atoms with Crippen LogP contribution in [0.15, 0.2) is 201 Å². The van der Waals surface area contributed by atoms with Crippen LogP contribution in [0.4, 0.5) is 0 Å². The molecule has 1 fully saturated rings. The maximum atomic E-state index is 10.9. The third-order valence-corrected chi connectivity index (χ3v) is 17.7. The van der Waals surface area contributed by atoms with Crippen LogP contribution in [0.25, 0.3) is 0 Å². The molecule has 0 heterocycles. The van der Waals surface area contributed by atoms with E-state index in [4.69, 9.17) is 111 Å². The minimum atomic E-state index is -0.577. The quantitative estimate of drug-likeness (QED) is 0.00961. The molecule has 860 valence electrons. The lowest BCUT2D eigenvalue weighted by Gasteiger charge is -2.27. The fourth-order valence-corrected chi connectivity index (χ4v) is 9.46. The molecule has 1 saturated carbocycles. The van der Waals surface area contributed by atoms with Crippen LogP contribution in [0, 0.1) is 17.8 Å². The van der Waals surface area contributed by atoms with Gasteiger partial charge in [-0.05, 0) is 179 Å². The van der Waals surface area contributed by atoms with Crippen LogP contribution >= 0.6 is 0 Å². The third kappa shape index (κ3) is 146. The number of hydrogen-bond acceptors (Lipinski definition) is 40. The number of esters is 14. The highest BCUT2D eigenvalue weighted by atomic mass is 16.6. The van der Waals surface area contributed by atoms with Gasteiger partial charge in [-0.25, -0.2) is 67.1 Å². The summed E-state index contributed by atoms with van der Waals surface area (Å²) < 4.78 is 82.2. The van der Waals surface area contributed by atoms with E-state index in [0.717, 1.165) is 195 Å². The van der Waals surface area contributed by atoms with E-state index in [2.05, 4.69) is 139 Å². The average Bonchev–Trinajstić information content (AvgIpc) is 0.887. The number of aliphatic hydroxyl groups excluding tert-OH is 3. The summed E-state index contributed by atoms with van der Waals surface area (Å²) in [7, 11) is 0. The molecule has 0 aromatic heterocycles. The normalized spacial score (nSPS) is 11.2. The maximum Gasteiger partial charge on any atom is 0.335 e. The van der Waals surface area contributed by atoms with Gasteiger partial charge >= 0.3 is 83.6 Å². The third-order valence-electron chi connectivity index (χ3n) is 17.7. The monoisotopic (exact) mass is 2140 g/mol. The Balaban J connectivity index is -0.000000158. The Morgan fingerprint density at radius 2 is 0.533 bits per heavy atom. The van der Waals surface area contributed by atoms with Crippen molar-refractivity contribution in [3.63, 3.8) is 0 Å². The zero-order chi connectivity index (χ0) is 116. The molecular weight excluding hydrogens is 1950 g/mol. The molecule has 150 heavy (non-hydrogen) atoms. The van der Waals surface area contributed by atoms with Gasteiger partial charge in [-0.15, -0.1) is 0 Å². The van der Waals surface area contributed by atoms with Gasteiger partial charge in [0.25, 0.3) is 0 Å². The molecule has 1 aliphatic carbocycles. The van der Waals surface area contributed by atoms with E-state index in [0.29, 0.717) is 117 Å². The molecule has 2 rings (SSSR count). The molecule has 0 bridgehead atoms. The van der Waals surface area contributed by atoms with Crippen molar-refractivity contribution in [1.82, 2.24) is 0 Å². The fraction of sp³-hybridized carbons (Fsp3) is 0.564. The molecule has 0 radical (unpaired) electrons. The Morgan fingerprint density at radius 1 is 0.287 bits per heavy atom. The SMILES string of the molecule is C=CC(=O)OCC1CCC(COC(=O)C=C)CC1.C=CC(=O)OCCC(C)OC(=O)C=C.C=CC(=O)OCCCCCCOC(=O)C=C.C=CC(=O)OCCCCOC(=O)C=C.C=CC(=O)OCCOCCOC(=O)C=C.C=CC(=O)OCCOCCOCCOC(=O)C=C.C=CC(=O)Oc1cccc(OC(=O)C=C)c1.CCCCC(CC)CN.CCCCCCN.CCCCN.NCCCCCCO.NCCCCO.NCCO. The van der Waals surface area contributed by atoms with Crippen molar-refractivity contribution in [3.05, 3.63) is 201 Å². The van der Waals surface area contributed by atoms with Gasteiger partial charge in [0, 0.05) is 117 Å². The number of carbonyl (C=O) groups excluding carboxylic acids is 14. The Labute approximate surface area is 892 Å². The molecule has 40 nitrogen and oxygen atoms in total. The number of rotatable bonds is 71. The maximum absolute atomic E-state index is 10.9. The van der Waals surface area contributed by atoms with Gasteiger partial charge < -0.3 is 130 Å². The van der Waals surface area contributed by atoms with Gasteiger partial charge in [-0.3, -0.25) is 0 Å². The van der Waals surface area contributed by atoms with Crippen molar-refractivity contribution >= 4 is 83.6 Å². The molecule has 1 aromatic carbocycles. The van der Waals surface area contributed by atoms with Crippen LogP contribution in [0.5, 0.6) is 11.5 Å². The predicted octanol–water partition coefficient (Wildman–Crippen LogP) is 13.1. The highest BCUT2D eigenvalue weighted by molar-refractivity contribution is 5.86. The van der Waals surface area contributed by atoms with Crippen molar-refractivity contribution in [2.75, 3.05) is 171 Å². The molecular formula is C110H186N6O34. The van der Waals surface area contributed by atoms with Crippen LogP contribution in [0.2, 0.25) is 0 Å². The topological polar surface area (TPSA) is 613 Å². The number of carbonyl (C=O) groups is 14. The second kappa shape index (κ2) is 137. The first-order valence-electron chi connectivity index (χ1n) is 50.2. The first-order valence-corrected chi connectivity index (χ1v) is 50.2. The smallest absolute Gasteiger partial charge is 0.335 e. The van der Waals surface area contributed by atoms with Gasteiger partial charge in [-0.2, -0.15) is 0 Å². The largest absolute Gasteiger partial charge is 0.463 e. The summed E-state index contributed by atoms with van der Waals surface area (Å²) in [5.41, 5.74) is 31.1. The number of aliphatic hydroxyl groups is 3. The first kappa shape index (κ1) is 160. The molecule has 0 saturated heterocycles. The molecule has 2 atom stereocenters. The average molecular weight is 2140 g/mol. The summed E-state index contributed by atoms with van der Waals surface area (Å²) in [6, 6.07) is 6.14. The summed E-state index contributed by atoms with van der Waals surface area (Å²) in [6.07, 6.45) is 43.3. The van der Waals surface area contributed by atoms with Crippen LogP contribution in [-0.2, 0) is 138 Å². The standard InChI is InChI=1S/C14H20O4.C12H18O6.C12H10O4.C12H18O4.C10H14O5.2C10H14O4.C8H19N.C6H15NO.C6H15N.C4H11NO.C4H11N.C2H7NO/c1-3-13(15)17-9-11-5-7-12(8-6-11)10-18-14(16)4-2;1-3-11(13)17-9-7-15-5-6-16-8-10-18-12(14)4-2;1-3-11(13)15-9-6-5-7-10(8-9)16-12(14)4-2;1-3-11(13)15-9-7-5-6-8-10-16-12(14)4-2;1-3-9(11)14-7-5-13-6-8-15-10(12)4-2;1-4-9(11)13-7-6-8(3)14-10(12)5-2;1-3-9(11)13-7-5-6-8-14-10(12)4-2;1-3-5-6-8(4-2)7-9;7-5-3-1-2-4-6-8;1-2-3-4-5-6-7;5-3-1-2-4-6;1-2-3-4-5;3-1-2-4/h3-4,11-12H,1-2,5-10H2;3-4H,1-2,5-10H2;3-8H,1-2H2;3-4H,1-2,5-10H2;3-4H,1-2,5-8H2;4-5,8H,1-2,6-7H2,3H3;3-4H,1-2,5-8H2;8H,3-7,9H2,1-2H3;8H,1-7H2;2-7H2,1H3;6H,1-5H2;2-5H2,1H3;4H,1-3H2. The molecule has 0 amide bonds. The zero-order valence-electron chi connectivity index (χ0n) is 90.5. The van der Waals surface area contributed by atoms with Crippen LogP contribution in [0.3, 0.4) is 0 Å². The van der Waals surface area contributed by atoms with Crippen molar-refractivity contribution in [2.45, 2.75) is 214 Å². The lowest BCUT2D eigenvalue weighted by molar-refractivity contribution is -0.145. The predicted molar refractivity (Wildman–Crippen MR) is 582 cm³/mol. The Bertz CT molecular complexity index is 3450. The summed E-state index contributed by atoms with van der Waals surface area (Å²) >= 11 is 0. The van der Waals surface area contributed by atoms with E-state index in [-0.39, 0.29) is 101 Å². The number of hydrogen-bond donors (Lipinski definition) is 9. The second-order valence-electron chi connectivity index (χ2n) is 30.1. The van der Waals surface area contributed by atoms with E-state index in [1.54, 1.807) is 25.1 Å². The van der Waals surface area contributed by atoms with Gasteiger partial charge in [0.2, 0.25) is 0 Å². The minimum Gasteiger partial charge on any atom is -0.463 e. The number of ether oxygens (including phenoxy) is 17. The molecule has 0 aliphatic heterocycles. The highest BCUT2D eigenvalue weighted by Gasteiger charge is 2.23. The number of nitrogens with two attached hydrogens (primary N) is 6. The van der Waals surface area contributed by atoms with E-state index in [1.165, 1.54) is 82.4 Å². The summed E-state index contributed by atoms with van der Waals surface area (Å²) in [5.74, 6) is -4.25. The highest BCUT2D eigenvalue weighted by Crippen LogP contribution is 2.29. The number of benzene rings is 1. The summed E-state index contributed by atoms with van der Waals surface area (Å²) in [5, 5.41) is 24.2. The first-order chi connectivity index (χ1) is 72.1. The van der Waals surface area contributed by atoms with Crippen LogP contribution in [0.1, 0.15) is 208 Å². The van der Waals surface area contributed by atoms with Crippen molar-refractivity contribution in [3.8, 4) is 11.5 Å². The van der Waals surface area contributed by atoms with Gasteiger partial charge in [0.1, 0.15) is 44.0 Å². The van der Waals surface area contributed by atoms with E-state index in [9.17, 15) is 67.1 Å². The molecule has 1 aliphatic rings. The van der Waals surface area contributed by atoms with Gasteiger partial charge in [0.05, 0.1) is 92.5 Å². The van der Waals surface area contributed by atoms with Gasteiger partial charge in [0.15, 0.2) is 0 Å². The Morgan fingerprint density at radius 3 is 0.787 bits per heavy atom. The van der Waals surface area contributed by atoms with Crippen molar-refractivity contribution < 1.29 is 163 Å². The summed E-state index contributed by atoms with van der Waals surface area (Å²) in [6.45, 7) is 66.6. The van der Waals surface area contributed by atoms with E-state index < -0.39 is 59.7 Å². The van der Waals surface area contributed by atoms with Crippen LogP contribution < -0.4 is 43.9 Å². The Kier molecular flexibility index (Phi) is 146. The lowest BCUT2D eigenvalue weighted by atomic mass is 9.83. The van der Waals surface area contributed by atoms with E-state index in [1.807, 2.05) is 0 Å². The second-order valence-corrected chi connectivity index (χ2v) is 30.1. The summed E-state index contributed by atoms with van der Waals surface area (Å²) in [4.78, 5) is 150. The lowest BCUT2D eigenvalue weighted by Crippen LogP contribution is -2.23. The molecule has 40 heteroatoms. The number of unbranched alkanes of at least 4 members (excludes halogenated alkanes) is 13. The van der Waals surface area contributed by atoms with Crippen molar-refractivity contribution in [1.29, 1.82) is 0 Å². The van der Waals surface area contributed by atoms with Gasteiger partial charge in [-0.1, -0.05) is 184 Å². The molecule has 2 unspecified atom stereocenters. The molecule has 15 N–H and O–H groups in total. The fourth-order valence-electron chi connectivity index (χ4n) is 9.46.